The van der Waals surface area contributed by atoms with Crippen LogP contribution in [0.4, 0.5) is 11.8 Å². The van der Waals surface area contributed by atoms with E-state index in [1.54, 1.807) is 0 Å². The lowest BCUT2D eigenvalue weighted by molar-refractivity contribution is 0.456. The van der Waals surface area contributed by atoms with Crippen molar-refractivity contribution >= 4 is 11.8 Å². The molecule has 5 nitrogen and oxygen atoms in total. The molecule has 2 saturated heterocycles. The predicted molar refractivity (Wildman–Crippen MR) is 89.4 cm³/mol. The van der Waals surface area contributed by atoms with E-state index in [1.165, 1.54) is 31.2 Å². The maximum absolute atomic E-state index is 6.40. The smallest absolute Gasteiger partial charge is 0.227 e. The van der Waals surface area contributed by atoms with Crippen molar-refractivity contribution in [2.45, 2.75) is 45.6 Å². The lowest BCUT2D eigenvalue weighted by Gasteiger charge is -2.24. The molecule has 1 saturated carbocycles. The SMILES string of the molecule is Cc1nc(N2CCCC2)nc(N2C[C@@H](N)[C@H](C3CC3)C2)c1C. The van der Waals surface area contributed by atoms with E-state index in [2.05, 4.69) is 23.6 Å². The van der Waals surface area contributed by atoms with E-state index in [0.717, 1.165) is 49.6 Å². The second-order valence-corrected chi connectivity index (χ2v) is 7.32. The van der Waals surface area contributed by atoms with E-state index in [9.17, 15) is 0 Å². The van der Waals surface area contributed by atoms with Gasteiger partial charge in [0.05, 0.1) is 0 Å². The second kappa shape index (κ2) is 5.37. The third-order valence-corrected chi connectivity index (χ3v) is 5.68. The zero-order valence-electron chi connectivity index (χ0n) is 13.8. The van der Waals surface area contributed by atoms with Crippen molar-refractivity contribution < 1.29 is 0 Å². The van der Waals surface area contributed by atoms with Crippen molar-refractivity contribution in [1.82, 2.24) is 9.97 Å². The van der Waals surface area contributed by atoms with Crippen LogP contribution in [0.2, 0.25) is 0 Å². The molecular formula is C17H27N5. The van der Waals surface area contributed by atoms with E-state index < -0.39 is 0 Å². The third-order valence-electron chi connectivity index (χ3n) is 5.68. The number of nitrogens with zero attached hydrogens (tertiary/aromatic N) is 4. The topological polar surface area (TPSA) is 58.3 Å². The Morgan fingerprint density at radius 3 is 2.41 bits per heavy atom. The summed E-state index contributed by atoms with van der Waals surface area (Å²) < 4.78 is 0. The summed E-state index contributed by atoms with van der Waals surface area (Å²) in [5.41, 5.74) is 8.72. The number of nitrogens with two attached hydrogens (primary N) is 1. The van der Waals surface area contributed by atoms with E-state index in [-0.39, 0.29) is 0 Å². The highest BCUT2D eigenvalue weighted by Gasteiger charge is 2.41. The van der Waals surface area contributed by atoms with Gasteiger partial charge in [-0.3, -0.25) is 0 Å². The largest absolute Gasteiger partial charge is 0.354 e. The fourth-order valence-corrected chi connectivity index (χ4v) is 4.02. The fourth-order valence-electron chi connectivity index (χ4n) is 4.02. The highest BCUT2D eigenvalue weighted by molar-refractivity contribution is 5.54. The van der Waals surface area contributed by atoms with Gasteiger partial charge in [0, 0.05) is 43.5 Å². The van der Waals surface area contributed by atoms with Crippen LogP contribution in [-0.4, -0.2) is 42.2 Å². The number of anilines is 2. The van der Waals surface area contributed by atoms with Crippen molar-refractivity contribution in [3.8, 4) is 0 Å². The average Bonchev–Trinajstić information content (AvgIpc) is 3.04. The number of hydrogen-bond donors (Lipinski definition) is 1. The minimum atomic E-state index is 0.303. The number of rotatable bonds is 3. The van der Waals surface area contributed by atoms with E-state index in [4.69, 9.17) is 15.7 Å². The number of aryl methyl sites for hydroxylation is 1. The zero-order valence-corrected chi connectivity index (χ0v) is 13.8. The monoisotopic (exact) mass is 301 g/mol. The van der Waals surface area contributed by atoms with Crippen LogP contribution in [-0.2, 0) is 0 Å². The Morgan fingerprint density at radius 2 is 1.73 bits per heavy atom. The molecule has 0 aromatic carbocycles. The first-order chi connectivity index (χ1) is 10.6. The molecule has 4 rings (SSSR count). The van der Waals surface area contributed by atoms with Gasteiger partial charge in [-0.05, 0) is 51.4 Å². The highest BCUT2D eigenvalue weighted by Crippen LogP contribution is 2.42. The first kappa shape index (κ1) is 14.2. The van der Waals surface area contributed by atoms with Crippen LogP contribution < -0.4 is 15.5 Å². The van der Waals surface area contributed by atoms with Gasteiger partial charge in [-0.1, -0.05) is 0 Å². The lowest BCUT2D eigenvalue weighted by Crippen LogP contribution is -2.31. The van der Waals surface area contributed by atoms with Gasteiger partial charge in [-0.15, -0.1) is 0 Å². The molecule has 5 heteroatoms. The van der Waals surface area contributed by atoms with Crippen molar-refractivity contribution in [3.63, 3.8) is 0 Å². The van der Waals surface area contributed by atoms with Crippen molar-refractivity contribution in [2.75, 3.05) is 36.0 Å². The van der Waals surface area contributed by atoms with Crippen LogP contribution >= 0.6 is 0 Å². The summed E-state index contributed by atoms with van der Waals surface area (Å²) in [6.07, 6.45) is 5.24. The minimum absolute atomic E-state index is 0.303. The molecule has 1 aliphatic carbocycles. The van der Waals surface area contributed by atoms with Gasteiger partial charge in [0.2, 0.25) is 5.95 Å². The van der Waals surface area contributed by atoms with Gasteiger partial charge in [0.1, 0.15) is 5.82 Å². The van der Waals surface area contributed by atoms with Crippen molar-refractivity contribution in [1.29, 1.82) is 0 Å². The predicted octanol–water partition coefficient (Wildman–Crippen LogP) is 1.87. The van der Waals surface area contributed by atoms with E-state index in [1.807, 2.05) is 0 Å². The van der Waals surface area contributed by atoms with Gasteiger partial charge in [0.25, 0.3) is 0 Å². The summed E-state index contributed by atoms with van der Waals surface area (Å²) in [7, 11) is 0. The molecule has 0 bridgehead atoms. The van der Waals surface area contributed by atoms with Gasteiger partial charge in [0.15, 0.2) is 0 Å². The molecule has 3 aliphatic rings. The summed E-state index contributed by atoms with van der Waals surface area (Å²) in [5.74, 6) is 3.55. The van der Waals surface area contributed by atoms with Crippen LogP contribution in [0.1, 0.15) is 36.9 Å². The molecule has 0 spiro atoms. The molecule has 2 atom stereocenters. The molecule has 1 aromatic heterocycles. The standard InChI is InChI=1S/C17H27N5/c1-11-12(2)19-17(21-7-3-4-8-21)20-16(11)22-9-14(13-5-6-13)15(18)10-22/h13-15H,3-10,18H2,1-2H3/t14-,15+/m0/s1. The Kier molecular flexibility index (Phi) is 3.48. The average molecular weight is 301 g/mol. The number of aromatic nitrogens is 2. The van der Waals surface area contributed by atoms with Crippen LogP contribution in [0.5, 0.6) is 0 Å². The highest BCUT2D eigenvalue weighted by atomic mass is 15.3. The first-order valence-electron chi connectivity index (χ1n) is 8.74. The Hall–Kier alpha value is -1.36. The van der Waals surface area contributed by atoms with Gasteiger partial charge in [-0.25, -0.2) is 4.98 Å². The molecule has 120 valence electrons. The molecule has 0 amide bonds. The van der Waals surface area contributed by atoms with Gasteiger partial charge < -0.3 is 15.5 Å². The maximum Gasteiger partial charge on any atom is 0.227 e. The summed E-state index contributed by atoms with van der Waals surface area (Å²) in [6, 6.07) is 0.303. The Morgan fingerprint density at radius 1 is 1.00 bits per heavy atom. The van der Waals surface area contributed by atoms with Crippen LogP contribution in [0.15, 0.2) is 0 Å². The van der Waals surface area contributed by atoms with Crippen molar-refractivity contribution in [3.05, 3.63) is 11.3 Å². The van der Waals surface area contributed by atoms with Gasteiger partial charge >= 0.3 is 0 Å². The molecule has 1 aromatic rings. The second-order valence-electron chi connectivity index (χ2n) is 7.32. The van der Waals surface area contributed by atoms with Crippen molar-refractivity contribution in [2.24, 2.45) is 17.6 Å². The third kappa shape index (κ3) is 2.45. The van der Waals surface area contributed by atoms with E-state index in [0.29, 0.717) is 12.0 Å². The zero-order chi connectivity index (χ0) is 15.3. The molecular weight excluding hydrogens is 274 g/mol. The maximum atomic E-state index is 6.40. The molecule has 3 fully saturated rings. The summed E-state index contributed by atoms with van der Waals surface area (Å²) in [5, 5.41) is 0. The Bertz CT molecular complexity index is 562. The van der Waals surface area contributed by atoms with Crippen LogP contribution in [0.3, 0.4) is 0 Å². The molecule has 2 N–H and O–H groups in total. The first-order valence-corrected chi connectivity index (χ1v) is 8.74. The molecule has 3 heterocycles. The fraction of sp³-hybridized carbons (Fsp3) is 0.765. The van der Waals surface area contributed by atoms with Crippen LogP contribution in [0, 0.1) is 25.7 Å². The van der Waals surface area contributed by atoms with E-state index >= 15 is 0 Å². The summed E-state index contributed by atoms with van der Waals surface area (Å²) in [6.45, 7) is 8.45. The Labute approximate surface area is 132 Å². The Balaban J connectivity index is 1.62. The molecule has 0 radical (unpaired) electrons. The van der Waals surface area contributed by atoms with Gasteiger partial charge in [-0.2, -0.15) is 4.98 Å². The summed E-state index contributed by atoms with van der Waals surface area (Å²) >= 11 is 0. The molecule has 0 unspecified atom stereocenters. The molecule has 22 heavy (non-hydrogen) atoms. The quantitative estimate of drug-likeness (QED) is 0.923. The summed E-state index contributed by atoms with van der Waals surface area (Å²) in [4.78, 5) is 14.4. The number of hydrogen-bond acceptors (Lipinski definition) is 5. The normalized spacial score (nSPS) is 28.7. The lowest BCUT2D eigenvalue weighted by atomic mass is 9.99. The minimum Gasteiger partial charge on any atom is -0.354 e. The van der Waals surface area contributed by atoms with Crippen LogP contribution in [0.25, 0.3) is 0 Å². The molecule has 2 aliphatic heterocycles.